The molecule has 3 heteroatoms. The lowest BCUT2D eigenvalue weighted by Crippen LogP contribution is -2.44. The third kappa shape index (κ3) is 6.98. The smallest absolute Gasteiger partial charge is 0.106 e. The van der Waals surface area contributed by atoms with Crippen LogP contribution >= 0.6 is 0 Å². The average molecular weight is 253 g/mol. The molecule has 0 aliphatic rings. The summed E-state index contributed by atoms with van der Waals surface area (Å²) in [6.45, 7) is 11.9. The van der Waals surface area contributed by atoms with Crippen molar-refractivity contribution in [1.29, 1.82) is 5.26 Å². The van der Waals surface area contributed by atoms with E-state index in [4.69, 9.17) is 0 Å². The monoisotopic (exact) mass is 253 g/mol. The van der Waals surface area contributed by atoms with E-state index in [0.29, 0.717) is 5.92 Å². The highest BCUT2D eigenvalue weighted by atomic mass is 15.1. The molecule has 0 aromatic rings. The summed E-state index contributed by atoms with van der Waals surface area (Å²) < 4.78 is 0. The van der Waals surface area contributed by atoms with Gasteiger partial charge in [-0.25, -0.2) is 0 Å². The van der Waals surface area contributed by atoms with Gasteiger partial charge < -0.3 is 4.90 Å². The van der Waals surface area contributed by atoms with Gasteiger partial charge in [-0.2, -0.15) is 5.26 Å². The fourth-order valence-corrected chi connectivity index (χ4v) is 2.29. The fourth-order valence-electron chi connectivity index (χ4n) is 2.29. The van der Waals surface area contributed by atoms with Crippen molar-refractivity contribution in [3.8, 4) is 6.07 Å². The van der Waals surface area contributed by atoms with Crippen LogP contribution in [0.25, 0.3) is 0 Å². The lowest BCUT2D eigenvalue weighted by atomic mass is 9.91. The van der Waals surface area contributed by atoms with Crippen LogP contribution in [0.4, 0.5) is 0 Å². The molecule has 0 aromatic heterocycles. The highest BCUT2D eigenvalue weighted by Gasteiger charge is 2.26. The van der Waals surface area contributed by atoms with Crippen molar-refractivity contribution in [2.24, 2.45) is 5.92 Å². The van der Waals surface area contributed by atoms with Gasteiger partial charge in [0.2, 0.25) is 0 Å². The molecule has 0 heterocycles. The zero-order valence-corrected chi connectivity index (χ0v) is 12.9. The van der Waals surface area contributed by atoms with Gasteiger partial charge in [-0.15, -0.1) is 0 Å². The molecule has 0 amide bonds. The quantitative estimate of drug-likeness (QED) is 0.650. The van der Waals surface area contributed by atoms with E-state index >= 15 is 0 Å². The summed E-state index contributed by atoms with van der Waals surface area (Å²) in [6.07, 6.45) is 4.00. The maximum Gasteiger partial charge on any atom is 0.106 e. The van der Waals surface area contributed by atoms with Gasteiger partial charge in [-0.05, 0) is 51.7 Å². The molecule has 0 radical (unpaired) electrons. The Balaban J connectivity index is 4.08. The number of hydrogen-bond acceptors (Lipinski definition) is 3. The Kier molecular flexibility index (Phi) is 9.05. The molecular weight excluding hydrogens is 222 g/mol. The van der Waals surface area contributed by atoms with Crippen molar-refractivity contribution in [1.82, 2.24) is 10.2 Å². The van der Waals surface area contributed by atoms with Crippen LogP contribution in [0.3, 0.4) is 0 Å². The number of hydrogen-bond donors (Lipinski definition) is 1. The highest BCUT2D eigenvalue weighted by molar-refractivity contribution is 5.06. The number of nitrogens with zero attached hydrogens (tertiary/aromatic N) is 2. The van der Waals surface area contributed by atoms with Gasteiger partial charge >= 0.3 is 0 Å². The van der Waals surface area contributed by atoms with E-state index in [0.717, 1.165) is 45.3 Å². The zero-order valence-electron chi connectivity index (χ0n) is 12.9. The fraction of sp³-hybridized carbons (Fsp3) is 0.933. The van der Waals surface area contributed by atoms with E-state index < -0.39 is 0 Å². The van der Waals surface area contributed by atoms with Gasteiger partial charge in [0.25, 0.3) is 0 Å². The highest BCUT2D eigenvalue weighted by Crippen LogP contribution is 2.17. The Morgan fingerprint density at radius 2 is 2.00 bits per heavy atom. The SMILES string of the molecule is CCCNC(C#N)(CC)CCCN(C)CC(C)C. The van der Waals surface area contributed by atoms with Gasteiger partial charge in [-0.3, -0.25) is 5.32 Å². The normalized spacial score (nSPS) is 14.8. The Labute approximate surface area is 114 Å². The van der Waals surface area contributed by atoms with Crippen LogP contribution in [0.15, 0.2) is 0 Å². The first kappa shape index (κ1) is 17.4. The predicted octanol–water partition coefficient (Wildman–Crippen LogP) is 3.03. The summed E-state index contributed by atoms with van der Waals surface area (Å²) in [5, 5.41) is 12.8. The molecule has 0 aliphatic heterocycles. The van der Waals surface area contributed by atoms with Crippen molar-refractivity contribution in [2.45, 2.75) is 58.9 Å². The van der Waals surface area contributed by atoms with Crippen LogP contribution in [-0.2, 0) is 0 Å². The predicted molar refractivity (Wildman–Crippen MR) is 78.5 cm³/mol. The van der Waals surface area contributed by atoms with Crippen molar-refractivity contribution < 1.29 is 0 Å². The number of rotatable bonds is 10. The number of nitrogens with one attached hydrogen (secondary N) is 1. The topological polar surface area (TPSA) is 39.1 Å². The molecule has 18 heavy (non-hydrogen) atoms. The Hall–Kier alpha value is -0.590. The van der Waals surface area contributed by atoms with Crippen molar-refractivity contribution >= 4 is 0 Å². The van der Waals surface area contributed by atoms with E-state index in [-0.39, 0.29) is 5.54 Å². The van der Waals surface area contributed by atoms with Gasteiger partial charge in [-0.1, -0.05) is 27.7 Å². The second-order valence-corrected chi connectivity index (χ2v) is 5.73. The summed E-state index contributed by atoms with van der Waals surface area (Å²) in [5.74, 6) is 0.708. The summed E-state index contributed by atoms with van der Waals surface area (Å²) in [7, 11) is 2.17. The van der Waals surface area contributed by atoms with Crippen molar-refractivity contribution in [2.75, 3.05) is 26.7 Å². The van der Waals surface area contributed by atoms with Crippen LogP contribution in [0.5, 0.6) is 0 Å². The third-order valence-electron chi connectivity index (χ3n) is 3.35. The molecule has 3 nitrogen and oxygen atoms in total. The van der Waals surface area contributed by atoms with Crippen LogP contribution in [-0.4, -0.2) is 37.1 Å². The summed E-state index contributed by atoms with van der Waals surface area (Å²) in [4.78, 5) is 2.36. The van der Waals surface area contributed by atoms with Crippen LogP contribution in [0.2, 0.25) is 0 Å². The first-order chi connectivity index (χ1) is 8.49. The van der Waals surface area contributed by atoms with E-state index in [9.17, 15) is 5.26 Å². The van der Waals surface area contributed by atoms with Gasteiger partial charge in [0.05, 0.1) is 6.07 Å². The lowest BCUT2D eigenvalue weighted by Gasteiger charge is -2.28. The second-order valence-electron chi connectivity index (χ2n) is 5.73. The molecule has 0 fully saturated rings. The van der Waals surface area contributed by atoms with E-state index in [1.807, 2.05) is 0 Å². The average Bonchev–Trinajstić information content (AvgIpc) is 2.33. The van der Waals surface area contributed by atoms with E-state index in [1.54, 1.807) is 0 Å². The zero-order chi connectivity index (χ0) is 14.0. The van der Waals surface area contributed by atoms with Gasteiger partial charge in [0.1, 0.15) is 5.54 Å². The molecule has 1 N–H and O–H groups in total. The first-order valence-corrected chi connectivity index (χ1v) is 7.34. The third-order valence-corrected chi connectivity index (χ3v) is 3.35. The molecule has 0 aliphatic carbocycles. The summed E-state index contributed by atoms with van der Waals surface area (Å²) in [6, 6.07) is 2.48. The maximum atomic E-state index is 9.39. The minimum atomic E-state index is -0.311. The van der Waals surface area contributed by atoms with Crippen LogP contribution < -0.4 is 5.32 Å². The van der Waals surface area contributed by atoms with Gasteiger partial charge in [0, 0.05) is 6.54 Å². The molecule has 106 valence electrons. The molecule has 0 saturated carbocycles. The maximum absolute atomic E-state index is 9.39. The lowest BCUT2D eigenvalue weighted by molar-refractivity contribution is 0.270. The molecule has 0 spiro atoms. The van der Waals surface area contributed by atoms with Crippen molar-refractivity contribution in [3.63, 3.8) is 0 Å². The second kappa shape index (κ2) is 9.35. The van der Waals surface area contributed by atoms with Crippen LogP contribution in [0, 0.1) is 17.2 Å². The molecule has 0 rings (SSSR count). The molecule has 0 aromatic carbocycles. The minimum Gasteiger partial charge on any atom is -0.306 e. The standard InChI is InChI=1S/C15H31N3/c1-6-10-17-15(7-2,13-16)9-8-11-18(5)12-14(3)4/h14,17H,6-12H2,1-5H3. The minimum absolute atomic E-state index is 0.311. The summed E-state index contributed by atoms with van der Waals surface area (Å²) in [5.41, 5.74) is -0.311. The van der Waals surface area contributed by atoms with E-state index in [1.165, 1.54) is 0 Å². The molecule has 1 atom stereocenters. The van der Waals surface area contributed by atoms with E-state index in [2.05, 4.69) is 51.0 Å². The Morgan fingerprint density at radius 1 is 1.33 bits per heavy atom. The van der Waals surface area contributed by atoms with Crippen LogP contribution in [0.1, 0.15) is 53.4 Å². The Bertz CT molecular complexity index is 245. The Morgan fingerprint density at radius 3 is 2.44 bits per heavy atom. The van der Waals surface area contributed by atoms with Gasteiger partial charge in [0.15, 0.2) is 0 Å². The molecule has 0 saturated heterocycles. The molecule has 1 unspecified atom stereocenters. The molecule has 0 bridgehead atoms. The van der Waals surface area contributed by atoms with Crippen molar-refractivity contribution in [3.05, 3.63) is 0 Å². The number of nitriles is 1. The molecular formula is C15H31N3. The largest absolute Gasteiger partial charge is 0.306 e. The summed E-state index contributed by atoms with van der Waals surface area (Å²) >= 11 is 0. The first-order valence-electron chi connectivity index (χ1n) is 7.34.